The molecule has 21 heavy (non-hydrogen) atoms. The van der Waals surface area contributed by atoms with Gasteiger partial charge in [-0.05, 0) is 30.7 Å². The number of aryl methyl sites for hydroxylation is 2. The van der Waals surface area contributed by atoms with Crippen LogP contribution in [0.2, 0.25) is 5.02 Å². The molecule has 0 atom stereocenters. The molecule has 0 aliphatic carbocycles. The molecule has 0 fully saturated rings. The van der Waals surface area contributed by atoms with E-state index in [0.29, 0.717) is 27.4 Å². The van der Waals surface area contributed by atoms with Gasteiger partial charge in [0.1, 0.15) is 0 Å². The predicted molar refractivity (Wildman–Crippen MR) is 82.2 cm³/mol. The van der Waals surface area contributed by atoms with Crippen molar-refractivity contribution in [2.24, 2.45) is 7.05 Å². The average Bonchev–Trinajstić information content (AvgIpc) is 2.89. The Balaban J connectivity index is 2.08. The summed E-state index contributed by atoms with van der Waals surface area (Å²) in [6.07, 6.45) is 3.64. The van der Waals surface area contributed by atoms with Gasteiger partial charge in [-0.15, -0.1) is 0 Å². The first-order chi connectivity index (χ1) is 10.1. The molecule has 3 aromatic rings. The Morgan fingerprint density at radius 3 is 2.67 bits per heavy atom. The number of nitrogens with zero attached hydrogens (tertiary/aromatic N) is 3. The molecule has 0 N–H and O–H groups in total. The zero-order valence-electron chi connectivity index (χ0n) is 11.5. The summed E-state index contributed by atoms with van der Waals surface area (Å²) in [4.78, 5) is 11.9. The maximum absolute atomic E-state index is 11.9. The first-order valence-electron chi connectivity index (χ1n) is 6.33. The van der Waals surface area contributed by atoms with Crippen LogP contribution in [-0.2, 0) is 7.05 Å². The van der Waals surface area contributed by atoms with E-state index in [1.54, 1.807) is 13.1 Å². The molecule has 0 aliphatic rings. The maximum atomic E-state index is 11.9. The van der Waals surface area contributed by atoms with Crippen molar-refractivity contribution in [2.75, 3.05) is 0 Å². The van der Waals surface area contributed by atoms with Gasteiger partial charge in [0.25, 0.3) is 5.56 Å². The van der Waals surface area contributed by atoms with Crippen molar-refractivity contribution >= 4 is 34.7 Å². The summed E-state index contributed by atoms with van der Waals surface area (Å²) < 4.78 is 6.52. The van der Waals surface area contributed by atoms with E-state index in [9.17, 15) is 4.79 Å². The van der Waals surface area contributed by atoms with E-state index in [0.717, 1.165) is 5.56 Å². The number of halogens is 1. The van der Waals surface area contributed by atoms with Gasteiger partial charge in [0.05, 0.1) is 11.1 Å². The minimum atomic E-state index is -0.273. The number of aromatic nitrogens is 3. The number of fused-ring (bicyclic) bond motifs is 1. The molecule has 0 bridgehead atoms. The summed E-state index contributed by atoms with van der Waals surface area (Å²) >= 11 is 5.84. The highest BCUT2D eigenvalue weighted by atomic mass is 35.5. The molecule has 0 radical (unpaired) electrons. The highest BCUT2D eigenvalue weighted by Gasteiger charge is 2.14. The normalized spacial score (nSPS) is 11.6. The Labute approximate surface area is 125 Å². The van der Waals surface area contributed by atoms with Crippen molar-refractivity contribution in [1.82, 2.24) is 14.9 Å². The van der Waals surface area contributed by atoms with E-state index in [1.165, 1.54) is 4.68 Å². The molecule has 5 nitrogen and oxygen atoms in total. The first kappa shape index (κ1) is 13.6. The van der Waals surface area contributed by atoms with Crippen molar-refractivity contribution in [1.29, 1.82) is 0 Å². The van der Waals surface area contributed by atoms with Gasteiger partial charge in [-0.2, -0.15) is 5.10 Å². The van der Waals surface area contributed by atoms with Crippen LogP contribution in [0.15, 0.2) is 33.6 Å². The number of rotatable bonds is 2. The molecule has 1 aromatic carbocycles. The lowest BCUT2D eigenvalue weighted by Crippen LogP contribution is -2.20. The van der Waals surface area contributed by atoms with Gasteiger partial charge in [-0.3, -0.25) is 4.79 Å². The maximum Gasteiger partial charge on any atom is 0.296 e. The molecule has 0 aliphatic heterocycles. The van der Waals surface area contributed by atoms with E-state index in [4.69, 9.17) is 16.1 Å². The lowest BCUT2D eigenvalue weighted by molar-refractivity contribution is 0.420. The second-order valence-corrected chi connectivity index (χ2v) is 5.11. The van der Waals surface area contributed by atoms with Crippen LogP contribution in [0, 0.1) is 6.92 Å². The van der Waals surface area contributed by atoms with E-state index >= 15 is 0 Å². The van der Waals surface area contributed by atoms with E-state index in [-0.39, 0.29) is 5.56 Å². The molecule has 0 amide bonds. The van der Waals surface area contributed by atoms with E-state index in [1.807, 2.05) is 37.3 Å². The fraction of sp³-hybridized carbons (Fsp3) is 0.133. The van der Waals surface area contributed by atoms with Crippen molar-refractivity contribution in [3.05, 3.63) is 56.7 Å². The van der Waals surface area contributed by atoms with Gasteiger partial charge < -0.3 is 4.52 Å². The van der Waals surface area contributed by atoms with Gasteiger partial charge in [0, 0.05) is 12.1 Å². The quantitative estimate of drug-likeness (QED) is 0.730. The smallest absolute Gasteiger partial charge is 0.296 e. The number of hydrogen-bond donors (Lipinski definition) is 0. The van der Waals surface area contributed by atoms with Crippen molar-refractivity contribution < 1.29 is 4.52 Å². The van der Waals surface area contributed by atoms with E-state index < -0.39 is 0 Å². The van der Waals surface area contributed by atoms with Crippen LogP contribution in [0.1, 0.15) is 17.0 Å². The van der Waals surface area contributed by atoms with Gasteiger partial charge in [-0.25, -0.2) is 4.68 Å². The largest absolute Gasteiger partial charge is 0.355 e. The molecule has 0 saturated carbocycles. The zero-order valence-corrected chi connectivity index (χ0v) is 12.3. The second-order valence-electron chi connectivity index (χ2n) is 4.67. The molecule has 0 unspecified atom stereocenters. The third-order valence-electron chi connectivity index (χ3n) is 3.17. The van der Waals surface area contributed by atoms with Crippen LogP contribution >= 0.6 is 11.6 Å². The lowest BCUT2D eigenvalue weighted by atomic mass is 10.1. The van der Waals surface area contributed by atoms with Crippen molar-refractivity contribution in [3.8, 4) is 0 Å². The third kappa shape index (κ3) is 2.48. The summed E-state index contributed by atoms with van der Waals surface area (Å²) in [6.45, 7) is 1.82. The van der Waals surface area contributed by atoms with Gasteiger partial charge >= 0.3 is 0 Å². The topological polar surface area (TPSA) is 60.9 Å². The van der Waals surface area contributed by atoms with Crippen LogP contribution in [-0.4, -0.2) is 14.9 Å². The average molecular weight is 302 g/mol. The molecule has 3 rings (SSSR count). The van der Waals surface area contributed by atoms with Crippen molar-refractivity contribution in [3.63, 3.8) is 0 Å². The molecule has 2 aromatic heterocycles. The van der Waals surface area contributed by atoms with Crippen LogP contribution in [0.4, 0.5) is 0 Å². The van der Waals surface area contributed by atoms with Crippen LogP contribution in [0.3, 0.4) is 0 Å². The Hall–Kier alpha value is -2.40. The number of benzene rings is 1. The molecule has 106 valence electrons. The van der Waals surface area contributed by atoms with E-state index in [2.05, 4.69) is 10.3 Å². The van der Waals surface area contributed by atoms with Crippen LogP contribution in [0.25, 0.3) is 23.1 Å². The standard InChI is InChI=1S/C15H12ClN3O2/c1-9-13-12(8-5-10-3-6-11(16)7-4-10)21-18-14(13)15(20)19(2)17-9/h3-8H,1-2H3/b8-5+. The lowest BCUT2D eigenvalue weighted by Gasteiger charge is -1.98. The Morgan fingerprint density at radius 1 is 1.24 bits per heavy atom. The summed E-state index contributed by atoms with van der Waals surface area (Å²) in [6, 6.07) is 7.40. The molecule has 0 spiro atoms. The van der Waals surface area contributed by atoms with Gasteiger partial charge in [-0.1, -0.05) is 35.0 Å². The fourth-order valence-electron chi connectivity index (χ4n) is 2.13. The Bertz CT molecular complexity index is 892. The molecule has 0 saturated heterocycles. The zero-order chi connectivity index (χ0) is 15.0. The van der Waals surface area contributed by atoms with Crippen LogP contribution < -0.4 is 5.56 Å². The molecule has 2 heterocycles. The minimum absolute atomic E-state index is 0.273. The highest BCUT2D eigenvalue weighted by Crippen LogP contribution is 2.20. The van der Waals surface area contributed by atoms with Crippen LogP contribution in [0.5, 0.6) is 0 Å². The summed E-state index contributed by atoms with van der Waals surface area (Å²) in [5.74, 6) is 0.516. The Morgan fingerprint density at radius 2 is 1.95 bits per heavy atom. The number of hydrogen-bond acceptors (Lipinski definition) is 4. The molecular formula is C15H12ClN3O2. The predicted octanol–water partition coefficient (Wildman–Crippen LogP) is 3.05. The van der Waals surface area contributed by atoms with Gasteiger partial charge in [0.2, 0.25) is 0 Å². The summed E-state index contributed by atoms with van der Waals surface area (Å²) in [5, 5.41) is 9.32. The second kappa shape index (κ2) is 5.18. The fourth-order valence-corrected chi connectivity index (χ4v) is 2.26. The summed E-state index contributed by atoms with van der Waals surface area (Å²) in [5.41, 5.74) is 1.69. The minimum Gasteiger partial charge on any atom is -0.355 e. The molecule has 6 heteroatoms. The SMILES string of the molecule is Cc1nn(C)c(=O)c2noc(/C=C/c3ccc(Cl)cc3)c12. The first-order valence-corrected chi connectivity index (χ1v) is 6.71. The summed E-state index contributed by atoms with van der Waals surface area (Å²) in [7, 11) is 1.59. The third-order valence-corrected chi connectivity index (χ3v) is 3.43. The monoisotopic (exact) mass is 301 g/mol. The highest BCUT2D eigenvalue weighted by molar-refractivity contribution is 6.30. The Kier molecular flexibility index (Phi) is 3.35. The molecular weight excluding hydrogens is 290 g/mol. The van der Waals surface area contributed by atoms with Gasteiger partial charge in [0.15, 0.2) is 11.3 Å². The van der Waals surface area contributed by atoms with Crippen molar-refractivity contribution in [2.45, 2.75) is 6.92 Å².